The Morgan fingerprint density at radius 1 is 1.20 bits per heavy atom. The van der Waals surface area contributed by atoms with E-state index in [1.807, 2.05) is 22.6 Å². The van der Waals surface area contributed by atoms with E-state index in [1.54, 1.807) is 0 Å². The van der Waals surface area contributed by atoms with Crippen LogP contribution in [0.4, 0.5) is 0 Å². The van der Waals surface area contributed by atoms with Gasteiger partial charge in [0.25, 0.3) is 0 Å². The summed E-state index contributed by atoms with van der Waals surface area (Å²) in [7, 11) is 0. The van der Waals surface area contributed by atoms with Gasteiger partial charge in [-0.15, -0.1) is 0 Å². The van der Waals surface area contributed by atoms with Gasteiger partial charge in [-0.3, -0.25) is 0 Å². The van der Waals surface area contributed by atoms with Gasteiger partial charge in [-0.1, -0.05) is 15.9 Å². The molecule has 0 unspecified atom stereocenters. The molecule has 0 saturated heterocycles. The molecular formula is C6H4BrIO2. The zero-order valence-corrected chi connectivity index (χ0v) is 8.55. The molecule has 10 heavy (non-hydrogen) atoms. The zero-order valence-electron chi connectivity index (χ0n) is 4.81. The fraction of sp³-hybridized carbons (Fsp3) is 0. The predicted molar refractivity (Wildman–Crippen MR) is 50.2 cm³/mol. The summed E-state index contributed by atoms with van der Waals surface area (Å²) in [4.78, 5) is 0. The highest BCUT2D eigenvalue weighted by molar-refractivity contribution is 14.1. The van der Waals surface area contributed by atoms with E-state index in [0.29, 0.717) is 8.04 Å². The van der Waals surface area contributed by atoms with Crippen LogP contribution in [0, 0.1) is 3.57 Å². The monoisotopic (exact) mass is 314 g/mol. The molecular weight excluding hydrogens is 311 g/mol. The molecule has 0 heterocycles. The van der Waals surface area contributed by atoms with Crippen LogP contribution in [-0.2, 0) is 0 Å². The van der Waals surface area contributed by atoms with E-state index in [2.05, 4.69) is 15.9 Å². The highest BCUT2D eigenvalue weighted by Crippen LogP contribution is 2.31. The second kappa shape index (κ2) is 2.96. The van der Waals surface area contributed by atoms with Crippen molar-refractivity contribution in [3.8, 4) is 11.5 Å². The zero-order chi connectivity index (χ0) is 7.72. The van der Waals surface area contributed by atoms with Crippen LogP contribution < -0.4 is 0 Å². The summed E-state index contributed by atoms with van der Waals surface area (Å²) in [6, 6.07) is 3.06. The molecule has 0 aliphatic rings. The third-order valence-corrected chi connectivity index (χ3v) is 2.56. The van der Waals surface area contributed by atoms with E-state index >= 15 is 0 Å². The third-order valence-electron chi connectivity index (χ3n) is 0.999. The van der Waals surface area contributed by atoms with Crippen molar-refractivity contribution >= 4 is 38.5 Å². The fourth-order valence-electron chi connectivity index (χ4n) is 0.561. The molecule has 54 valence electrons. The third kappa shape index (κ3) is 1.54. The van der Waals surface area contributed by atoms with E-state index in [0.717, 1.165) is 0 Å². The molecule has 0 radical (unpaired) electrons. The largest absolute Gasteiger partial charge is 0.507 e. The van der Waals surface area contributed by atoms with Crippen LogP contribution in [0.1, 0.15) is 0 Å². The Bertz CT molecular complexity index is 239. The number of aromatic hydroxyl groups is 2. The molecule has 0 amide bonds. The lowest BCUT2D eigenvalue weighted by molar-refractivity contribution is 0.443. The summed E-state index contributed by atoms with van der Waals surface area (Å²) in [6.07, 6.45) is 0. The smallest absolute Gasteiger partial charge is 0.133 e. The molecule has 2 nitrogen and oxygen atoms in total. The Labute approximate surface area is 80.1 Å². The molecule has 1 aromatic carbocycles. The summed E-state index contributed by atoms with van der Waals surface area (Å²) in [5.74, 6) is 0.181. The van der Waals surface area contributed by atoms with Crippen molar-refractivity contribution in [3.05, 3.63) is 20.2 Å². The predicted octanol–water partition coefficient (Wildman–Crippen LogP) is 2.46. The van der Waals surface area contributed by atoms with Crippen molar-refractivity contribution in [2.24, 2.45) is 0 Å². The van der Waals surface area contributed by atoms with Gasteiger partial charge in [-0.05, 0) is 34.7 Å². The van der Waals surface area contributed by atoms with Crippen LogP contribution in [0.15, 0.2) is 16.6 Å². The average molecular weight is 315 g/mol. The maximum absolute atomic E-state index is 9.08. The van der Waals surface area contributed by atoms with Gasteiger partial charge in [-0.25, -0.2) is 0 Å². The molecule has 0 aliphatic carbocycles. The van der Waals surface area contributed by atoms with Crippen LogP contribution in [-0.4, -0.2) is 10.2 Å². The molecule has 1 aromatic rings. The van der Waals surface area contributed by atoms with Crippen molar-refractivity contribution in [1.82, 2.24) is 0 Å². The lowest BCUT2D eigenvalue weighted by atomic mass is 10.3. The summed E-state index contributed by atoms with van der Waals surface area (Å²) >= 11 is 4.99. The van der Waals surface area contributed by atoms with Crippen LogP contribution in [0.5, 0.6) is 11.5 Å². The summed E-state index contributed by atoms with van der Waals surface area (Å²) in [5, 5.41) is 18.2. The van der Waals surface area contributed by atoms with Gasteiger partial charge in [-0.2, -0.15) is 0 Å². The van der Waals surface area contributed by atoms with Gasteiger partial charge in [0.05, 0.1) is 3.57 Å². The highest BCUT2D eigenvalue weighted by Gasteiger charge is 2.03. The summed E-state index contributed by atoms with van der Waals surface area (Å²) < 4.78 is 1.14. The van der Waals surface area contributed by atoms with E-state index in [1.165, 1.54) is 12.1 Å². The van der Waals surface area contributed by atoms with Crippen molar-refractivity contribution in [2.75, 3.05) is 0 Å². The lowest BCUT2D eigenvalue weighted by Crippen LogP contribution is -1.75. The van der Waals surface area contributed by atoms with Gasteiger partial charge >= 0.3 is 0 Å². The SMILES string of the molecule is Oc1cc(Br)cc(O)c1I. The van der Waals surface area contributed by atoms with Crippen molar-refractivity contribution in [1.29, 1.82) is 0 Å². The van der Waals surface area contributed by atoms with Crippen molar-refractivity contribution < 1.29 is 10.2 Å². The molecule has 0 spiro atoms. The first-order valence-corrected chi connectivity index (χ1v) is 4.35. The number of rotatable bonds is 0. The second-order valence-electron chi connectivity index (χ2n) is 1.76. The normalized spacial score (nSPS) is 9.80. The highest BCUT2D eigenvalue weighted by atomic mass is 127. The van der Waals surface area contributed by atoms with E-state index in [9.17, 15) is 0 Å². The van der Waals surface area contributed by atoms with Gasteiger partial charge < -0.3 is 10.2 Å². The van der Waals surface area contributed by atoms with Gasteiger partial charge in [0.2, 0.25) is 0 Å². The number of benzene rings is 1. The summed E-state index contributed by atoms with van der Waals surface area (Å²) in [6.45, 7) is 0. The Balaban J connectivity index is 3.31. The minimum atomic E-state index is 0.0903. The Morgan fingerprint density at radius 2 is 1.60 bits per heavy atom. The molecule has 0 aromatic heterocycles. The first kappa shape index (κ1) is 8.13. The van der Waals surface area contributed by atoms with Crippen LogP contribution in [0.25, 0.3) is 0 Å². The van der Waals surface area contributed by atoms with Gasteiger partial charge in [0.1, 0.15) is 11.5 Å². The number of phenolic OH excluding ortho intramolecular Hbond substituents is 2. The first-order chi connectivity index (χ1) is 4.61. The Hall–Kier alpha value is 0.0300. The minimum absolute atomic E-state index is 0.0903. The molecule has 0 aliphatic heterocycles. The van der Waals surface area contributed by atoms with Crippen molar-refractivity contribution in [3.63, 3.8) is 0 Å². The molecule has 0 saturated carbocycles. The van der Waals surface area contributed by atoms with Crippen molar-refractivity contribution in [2.45, 2.75) is 0 Å². The summed E-state index contributed by atoms with van der Waals surface area (Å²) in [5.41, 5.74) is 0. The first-order valence-electron chi connectivity index (χ1n) is 2.48. The average Bonchev–Trinajstić information content (AvgIpc) is 1.82. The molecule has 4 heteroatoms. The topological polar surface area (TPSA) is 40.5 Å². The Kier molecular flexibility index (Phi) is 2.40. The number of hydrogen-bond acceptors (Lipinski definition) is 2. The lowest BCUT2D eigenvalue weighted by Gasteiger charge is -1.99. The maximum Gasteiger partial charge on any atom is 0.133 e. The second-order valence-corrected chi connectivity index (χ2v) is 3.75. The minimum Gasteiger partial charge on any atom is -0.507 e. The molecule has 0 atom stereocenters. The fourth-order valence-corrected chi connectivity index (χ4v) is 1.31. The number of phenols is 2. The van der Waals surface area contributed by atoms with Gasteiger partial charge in [0.15, 0.2) is 0 Å². The quantitative estimate of drug-likeness (QED) is 0.722. The maximum atomic E-state index is 9.08. The van der Waals surface area contributed by atoms with Crippen LogP contribution in [0.3, 0.4) is 0 Å². The van der Waals surface area contributed by atoms with E-state index < -0.39 is 0 Å². The number of hydrogen-bond donors (Lipinski definition) is 2. The molecule has 2 N–H and O–H groups in total. The Morgan fingerprint density at radius 3 is 2.00 bits per heavy atom. The van der Waals surface area contributed by atoms with Crippen LogP contribution >= 0.6 is 38.5 Å². The number of halogens is 2. The molecule has 0 fully saturated rings. The van der Waals surface area contributed by atoms with E-state index in [4.69, 9.17) is 10.2 Å². The van der Waals surface area contributed by atoms with Crippen LogP contribution in [0.2, 0.25) is 0 Å². The van der Waals surface area contributed by atoms with Gasteiger partial charge in [0, 0.05) is 4.47 Å². The standard InChI is InChI=1S/C6H4BrIO2/c7-3-1-4(9)6(8)5(10)2-3/h1-2,9-10H. The molecule has 1 rings (SSSR count). The molecule has 0 bridgehead atoms. The van der Waals surface area contributed by atoms with E-state index in [-0.39, 0.29) is 11.5 Å².